The Morgan fingerprint density at radius 1 is 1.60 bits per heavy atom. The van der Waals surface area contributed by atoms with Gasteiger partial charge in [0.1, 0.15) is 0 Å². The van der Waals surface area contributed by atoms with Crippen LogP contribution in [0.5, 0.6) is 0 Å². The molecule has 60 valence electrons. The van der Waals surface area contributed by atoms with Crippen molar-refractivity contribution < 1.29 is 5.11 Å². The standard InChI is InChI=1S/C7H16N2O/c1-2-9-6-4-3-5-8-7(9)10/h7-8,10H,2-6H2,1H3. The molecule has 1 atom stereocenters. The summed E-state index contributed by atoms with van der Waals surface area (Å²) < 4.78 is 0. The summed E-state index contributed by atoms with van der Waals surface area (Å²) in [5.41, 5.74) is 0. The van der Waals surface area contributed by atoms with Crippen molar-refractivity contribution in [3.63, 3.8) is 0 Å². The summed E-state index contributed by atoms with van der Waals surface area (Å²) in [5.74, 6) is 0. The molecule has 0 radical (unpaired) electrons. The molecule has 2 N–H and O–H groups in total. The van der Waals surface area contributed by atoms with Gasteiger partial charge in [0.2, 0.25) is 0 Å². The maximum Gasteiger partial charge on any atom is 0.163 e. The molecular weight excluding hydrogens is 128 g/mol. The predicted molar refractivity (Wildman–Crippen MR) is 40.5 cm³/mol. The fraction of sp³-hybridized carbons (Fsp3) is 1.00. The second-order valence-corrected chi connectivity index (χ2v) is 2.66. The van der Waals surface area contributed by atoms with Gasteiger partial charge in [0.25, 0.3) is 0 Å². The molecular formula is C7H16N2O. The number of aliphatic hydroxyl groups is 1. The number of rotatable bonds is 1. The van der Waals surface area contributed by atoms with Crippen LogP contribution in [0.4, 0.5) is 0 Å². The first-order chi connectivity index (χ1) is 4.84. The molecule has 3 heteroatoms. The Kier molecular flexibility index (Phi) is 3.12. The van der Waals surface area contributed by atoms with Crippen molar-refractivity contribution in [3.8, 4) is 0 Å². The van der Waals surface area contributed by atoms with Crippen molar-refractivity contribution in [3.05, 3.63) is 0 Å². The van der Waals surface area contributed by atoms with Crippen LogP contribution in [0.1, 0.15) is 19.8 Å². The SMILES string of the molecule is CCN1CCCCNC1O. The van der Waals surface area contributed by atoms with E-state index in [0.29, 0.717) is 0 Å². The van der Waals surface area contributed by atoms with E-state index in [1.807, 2.05) is 4.90 Å². The summed E-state index contributed by atoms with van der Waals surface area (Å²) in [6.07, 6.45) is 1.96. The lowest BCUT2D eigenvalue weighted by atomic mass is 10.3. The van der Waals surface area contributed by atoms with Crippen LogP contribution in [0, 0.1) is 0 Å². The smallest absolute Gasteiger partial charge is 0.163 e. The van der Waals surface area contributed by atoms with Crippen LogP contribution in [0.25, 0.3) is 0 Å². The van der Waals surface area contributed by atoms with Crippen LogP contribution >= 0.6 is 0 Å². The van der Waals surface area contributed by atoms with E-state index < -0.39 is 6.35 Å². The molecule has 0 aromatic heterocycles. The minimum absolute atomic E-state index is 0.410. The molecule has 1 rings (SSSR count). The van der Waals surface area contributed by atoms with Crippen molar-refractivity contribution in [1.29, 1.82) is 0 Å². The molecule has 1 fully saturated rings. The molecule has 3 nitrogen and oxygen atoms in total. The lowest BCUT2D eigenvalue weighted by Gasteiger charge is -2.23. The Bertz CT molecular complexity index is 97.6. The Morgan fingerprint density at radius 2 is 2.40 bits per heavy atom. The largest absolute Gasteiger partial charge is 0.365 e. The molecule has 1 aliphatic heterocycles. The van der Waals surface area contributed by atoms with Crippen molar-refractivity contribution in [1.82, 2.24) is 10.2 Å². The number of nitrogens with zero attached hydrogens (tertiary/aromatic N) is 1. The van der Waals surface area contributed by atoms with Gasteiger partial charge < -0.3 is 5.11 Å². The average Bonchev–Trinajstić information content (AvgIpc) is 2.13. The minimum Gasteiger partial charge on any atom is -0.365 e. The second-order valence-electron chi connectivity index (χ2n) is 2.66. The highest BCUT2D eigenvalue weighted by Crippen LogP contribution is 2.01. The van der Waals surface area contributed by atoms with E-state index in [1.54, 1.807) is 0 Å². The number of nitrogens with one attached hydrogen (secondary N) is 1. The maximum atomic E-state index is 9.36. The summed E-state index contributed by atoms with van der Waals surface area (Å²) in [6, 6.07) is 0. The molecule has 1 unspecified atom stereocenters. The van der Waals surface area contributed by atoms with Gasteiger partial charge in [-0.3, -0.25) is 10.2 Å². The van der Waals surface area contributed by atoms with Crippen LogP contribution in [0.15, 0.2) is 0 Å². The van der Waals surface area contributed by atoms with E-state index in [1.165, 1.54) is 12.8 Å². The van der Waals surface area contributed by atoms with Gasteiger partial charge in [-0.2, -0.15) is 0 Å². The van der Waals surface area contributed by atoms with Crippen LogP contribution in [-0.2, 0) is 0 Å². The normalized spacial score (nSPS) is 30.0. The lowest BCUT2D eigenvalue weighted by Crippen LogP contribution is -2.43. The molecule has 0 bridgehead atoms. The van der Waals surface area contributed by atoms with Crippen molar-refractivity contribution in [2.45, 2.75) is 26.1 Å². The minimum atomic E-state index is -0.410. The van der Waals surface area contributed by atoms with Gasteiger partial charge in [-0.1, -0.05) is 6.92 Å². The molecule has 10 heavy (non-hydrogen) atoms. The van der Waals surface area contributed by atoms with Gasteiger partial charge in [-0.05, 0) is 25.9 Å². The molecule has 0 aromatic rings. The zero-order valence-corrected chi connectivity index (χ0v) is 6.51. The molecule has 0 saturated carbocycles. The number of hydrogen-bond acceptors (Lipinski definition) is 3. The van der Waals surface area contributed by atoms with E-state index in [0.717, 1.165) is 19.6 Å². The molecule has 1 heterocycles. The molecule has 1 aliphatic rings. The van der Waals surface area contributed by atoms with E-state index in [9.17, 15) is 5.11 Å². The summed E-state index contributed by atoms with van der Waals surface area (Å²) in [7, 11) is 0. The maximum absolute atomic E-state index is 9.36. The number of hydrogen-bond donors (Lipinski definition) is 2. The summed E-state index contributed by atoms with van der Waals surface area (Å²) >= 11 is 0. The van der Waals surface area contributed by atoms with Crippen molar-refractivity contribution in [2.24, 2.45) is 0 Å². The molecule has 0 amide bonds. The highest BCUT2D eigenvalue weighted by molar-refractivity contribution is 4.63. The van der Waals surface area contributed by atoms with Crippen LogP contribution < -0.4 is 5.32 Å². The first-order valence-corrected chi connectivity index (χ1v) is 4.00. The first kappa shape index (κ1) is 7.98. The van der Waals surface area contributed by atoms with Crippen LogP contribution in [0.2, 0.25) is 0 Å². The molecule has 0 aromatic carbocycles. The topological polar surface area (TPSA) is 35.5 Å². The molecule has 0 spiro atoms. The van der Waals surface area contributed by atoms with Gasteiger partial charge >= 0.3 is 0 Å². The first-order valence-electron chi connectivity index (χ1n) is 4.00. The van der Waals surface area contributed by atoms with E-state index >= 15 is 0 Å². The Balaban J connectivity index is 2.35. The Hall–Kier alpha value is -0.120. The fourth-order valence-electron chi connectivity index (χ4n) is 1.25. The summed E-state index contributed by atoms with van der Waals surface area (Å²) in [4.78, 5) is 2.03. The van der Waals surface area contributed by atoms with Gasteiger partial charge in [-0.25, -0.2) is 0 Å². The van der Waals surface area contributed by atoms with Gasteiger partial charge in [-0.15, -0.1) is 0 Å². The predicted octanol–water partition coefficient (Wildman–Crippen LogP) is -0.0324. The van der Waals surface area contributed by atoms with Crippen LogP contribution in [0.3, 0.4) is 0 Å². The number of aliphatic hydroxyl groups excluding tert-OH is 1. The zero-order chi connectivity index (χ0) is 7.40. The lowest BCUT2D eigenvalue weighted by molar-refractivity contribution is -0.0100. The quantitative estimate of drug-likeness (QED) is 0.542. The Morgan fingerprint density at radius 3 is 3.10 bits per heavy atom. The third-order valence-electron chi connectivity index (χ3n) is 1.95. The second kappa shape index (κ2) is 3.91. The highest BCUT2D eigenvalue weighted by atomic mass is 16.3. The van der Waals surface area contributed by atoms with Gasteiger partial charge in [0.15, 0.2) is 6.35 Å². The van der Waals surface area contributed by atoms with Gasteiger partial charge in [0.05, 0.1) is 0 Å². The highest BCUT2D eigenvalue weighted by Gasteiger charge is 2.14. The monoisotopic (exact) mass is 144 g/mol. The zero-order valence-electron chi connectivity index (χ0n) is 6.51. The van der Waals surface area contributed by atoms with E-state index in [4.69, 9.17) is 0 Å². The molecule has 1 saturated heterocycles. The summed E-state index contributed by atoms with van der Waals surface area (Å²) in [6.45, 7) is 4.95. The van der Waals surface area contributed by atoms with Crippen molar-refractivity contribution >= 4 is 0 Å². The van der Waals surface area contributed by atoms with E-state index in [2.05, 4.69) is 12.2 Å². The average molecular weight is 144 g/mol. The third kappa shape index (κ3) is 1.94. The summed E-state index contributed by atoms with van der Waals surface area (Å²) in [5, 5.41) is 12.4. The van der Waals surface area contributed by atoms with E-state index in [-0.39, 0.29) is 0 Å². The fourth-order valence-corrected chi connectivity index (χ4v) is 1.25. The van der Waals surface area contributed by atoms with Crippen molar-refractivity contribution in [2.75, 3.05) is 19.6 Å². The third-order valence-corrected chi connectivity index (χ3v) is 1.95. The van der Waals surface area contributed by atoms with Crippen LogP contribution in [-0.4, -0.2) is 36.0 Å². The Labute approximate surface area is 62.0 Å². The van der Waals surface area contributed by atoms with Gasteiger partial charge in [0, 0.05) is 6.54 Å². The molecule has 0 aliphatic carbocycles.